The van der Waals surface area contributed by atoms with E-state index in [2.05, 4.69) is 6.58 Å². The molecule has 0 aliphatic carbocycles. The van der Waals surface area contributed by atoms with Crippen molar-refractivity contribution < 1.29 is 19.1 Å². The number of hydrogen-bond donors (Lipinski definition) is 0. The summed E-state index contributed by atoms with van der Waals surface area (Å²) < 4.78 is 5.09. The first-order valence-corrected chi connectivity index (χ1v) is 7.80. The second kappa shape index (κ2) is 6.36. The second-order valence-corrected chi connectivity index (χ2v) is 6.03. The van der Waals surface area contributed by atoms with Gasteiger partial charge in [-0.25, -0.2) is 9.69 Å². The summed E-state index contributed by atoms with van der Waals surface area (Å²) in [4.78, 5) is 38.6. The fraction of sp³-hybridized carbons (Fsp3) is 0.150. The molecule has 0 saturated carbocycles. The SMILES string of the molecule is C=C(C)COC(=O)c1ccc2c(c1)C(=O)N(c1ccccc1C)C2=O. The van der Waals surface area contributed by atoms with Gasteiger partial charge in [-0.15, -0.1) is 0 Å². The van der Waals surface area contributed by atoms with E-state index < -0.39 is 17.8 Å². The molecule has 0 N–H and O–H groups in total. The van der Waals surface area contributed by atoms with Gasteiger partial charge in [0.25, 0.3) is 11.8 Å². The van der Waals surface area contributed by atoms with Gasteiger partial charge in [-0.3, -0.25) is 9.59 Å². The zero-order valence-electron chi connectivity index (χ0n) is 14.0. The summed E-state index contributed by atoms with van der Waals surface area (Å²) in [6.45, 7) is 7.36. The summed E-state index contributed by atoms with van der Waals surface area (Å²) in [5.74, 6) is -1.39. The number of benzene rings is 2. The van der Waals surface area contributed by atoms with Crippen molar-refractivity contribution in [3.8, 4) is 0 Å². The molecule has 0 saturated heterocycles. The number of carbonyl (C=O) groups is 3. The maximum Gasteiger partial charge on any atom is 0.338 e. The normalized spacial score (nSPS) is 13.0. The van der Waals surface area contributed by atoms with Crippen LogP contribution in [0.3, 0.4) is 0 Å². The third-order valence-corrected chi connectivity index (χ3v) is 3.93. The predicted octanol–water partition coefficient (Wildman–Crippen LogP) is 3.53. The highest BCUT2D eigenvalue weighted by Gasteiger charge is 2.37. The van der Waals surface area contributed by atoms with Gasteiger partial charge in [-0.05, 0) is 49.2 Å². The molecule has 1 aliphatic heterocycles. The number of fused-ring (bicyclic) bond motifs is 1. The number of para-hydroxylation sites is 1. The molecule has 3 rings (SSSR count). The summed E-state index contributed by atoms with van der Waals surface area (Å²) in [7, 11) is 0. The minimum atomic E-state index is -0.555. The van der Waals surface area contributed by atoms with Crippen LogP contribution in [0.15, 0.2) is 54.6 Å². The molecular formula is C20H17NO4. The molecule has 25 heavy (non-hydrogen) atoms. The Bertz CT molecular complexity index is 914. The molecule has 0 atom stereocenters. The van der Waals surface area contributed by atoms with Gasteiger partial charge in [0, 0.05) is 0 Å². The van der Waals surface area contributed by atoms with Crippen molar-refractivity contribution in [3.05, 3.63) is 76.9 Å². The van der Waals surface area contributed by atoms with Crippen LogP contribution in [0.4, 0.5) is 5.69 Å². The van der Waals surface area contributed by atoms with Gasteiger partial charge >= 0.3 is 5.97 Å². The van der Waals surface area contributed by atoms with E-state index in [1.807, 2.05) is 19.1 Å². The van der Waals surface area contributed by atoms with Gasteiger partial charge in [0.05, 0.1) is 22.4 Å². The molecule has 5 nitrogen and oxygen atoms in total. The molecule has 1 heterocycles. The van der Waals surface area contributed by atoms with Crippen LogP contribution in [0, 0.1) is 6.92 Å². The molecule has 0 radical (unpaired) electrons. The second-order valence-electron chi connectivity index (χ2n) is 6.03. The van der Waals surface area contributed by atoms with Crippen LogP contribution >= 0.6 is 0 Å². The largest absolute Gasteiger partial charge is 0.458 e. The Morgan fingerprint density at radius 3 is 2.44 bits per heavy atom. The number of esters is 1. The van der Waals surface area contributed by atoms with Gasteiger partial charge in [0.1, 0.15) is 6.61 Å². The molecule has 2 aromatic carbocycles. The molecule has 126 valence electrons. The van der Waals surface area contributed by atoms with Crippen LogP contribution in [-0.4, -0.2) is 24.4 Å². The molecule has 5 heteroatoms. The van der Waals surface area contributed by atoms with Crippen molar-refractivity contribution in [1.29, 1.82) is 0 Å². The Kier molecular flexibility index (Phi) is 4.23. The lowest BCUT2D eigenvalue weighted by Gasteiger charge is -2.16. The minimum absolute atomic E-state index is 0.109. The average molecular weight is 335 g/mol. The van der Waals surface area contributed by atoms with Gasteiger partial charge in [-0.2, -0.15) is 0 Å². The molecule has 1 aliphatic rings. The summed E-state index contributed by atoms with van der Waals surface area (Å²) >= 11 is 0. The first-order chi connectivity index (χ1) is 11.9. The topological polar surface area (TPSA) is 63.7 Å². The van der Waals surface area contributed by atoms with Crippen molar-refractivity contribution in [2.24, 2.45) is 0 Å². The Balaban J connectivity index is 1.95. The Morgan fingerprint density at radius 1 is 1.08 bits per heavy atom. The first kappa shape index (κ1) is 16.6. The molecule has 0 spiro atoms. The van der Waals surface area contributed by atoms with E-state index >= 15 is 0 Å². The quantitative estimate of drug-likeness (QED) is 0.487. The molecule has 0 fully saturated rings. The summed E-state index contributed by atoms with van der Waals surface area (Å²) in [5, 5.41) is 0. The van der Waals surface area contributed by atoms with E-state index in [0.717, 1.165) is 10.5 Å². The van der Waals surface area contributed by atoms with Crippen LogP contribution in [-0.2, 0) is 4.74 Å². The third-order valence-electron chi connectivity index (χ3n) is 3.93. The summed E-state index contributed by atoms with van der Waals surface area (Å²) in [5.41, 5.74) is 2.79. The lowest BCUT2D eigenvalue weighted by molar-refractivity contribution is 0.0540. The monoisotopic (exact) mass is 335 g/mol. The standard InChI is InChI=1S/C20H17NO4/c1-12(2)11-25-20(24)14-8-9-15-16(10-14)19(23)21(18(15)22)17-7-5-4-6-13(17)3/h4-10H,1,11H2,2-3H3. The van der Waals surface area contributed by atoms with Gasteiger partial charge in [-0.1, -0.05) is 24.8 Å². The Morgan fingerprint density at radius 2 is 1.76 bits per heavy atom. The fourth-order valence-corrected chi connectivity index (χ4v) is 2.67. The van der Waals surface area contributed by atoms with E-state index in [-0.39, 0.29) is 23.3 Å². The fourth-order valence-electron chi connectivity index (χ4n) is 2.67. The number of carbonyl (C=O) groups excluding carboxylic acids is 3. The number of ether oxygens (including phenoxy) is 1. The van der Waals surface area contributed by atoms with E-state index in [1.54, 1.807) is 19.1 Å². The number of amides is 2. The number of aryl methyl sites for hydroxylation is 1. The van der Waals surface area contributed by atoms with Crippen LogP contribution in [0.2, 0.25) is 0 Å². The van der Waals surface area contributed by atoms with Gasteiger partial charge in [0.15, 0.2) is 0 Å². The van der Waals surface area contributed by atoms with E-state index in [0.29, 0.717) is 11.3 Å². The lowest BCUT2D eigenvalue weighted by atomic mass is 10.1. The Labute approximate surface area is 145 Å². The van der Waals surface area contributed by atoms with Crippen molar-refractivity contribution in [2.45, 2.75) is 13.8 Å². The number of rotatable bonds is 4. The third kappa shape index (κ3) is 2.96. The minimum Gasteiger partial charge on any atom is -0.458 e. The zero-order valence-corrected chi connectivity index (χ0v) is 14.0. The van der Waals surface area contributed by atoms with Crippen molar-refractivity contribution >= 4 is 23.5 Å². The van der Waals surface area contributed by atoms with Crippen LogP contribution in [0.25, 0.3) is 0 Å². The van der Waals surface area contributed by atoms with Crippen molar-refractivity contribution in [2.75, 3.05) is 11.5 Å². The zero-order chi connectivity index (χ0) is 18.1. The summed E-state index contributed by atoms with van der Waals surface area (Å²) in [6.07, 6.45) is 0. The summed E-state index contributed by atoms with van der Waals surface area (Å²) in [6, 6.07) is 11.6. The van der Waals surface area contributed by atoms with E-state index in [1.165, 1.54) is 18.2 Å². The van der Waals surface area contributed by atoms with Gasteiger partial charge < -0.3 is 4.74 Å². The number of anilines is 1. The first-order valence-electron chi connectivity index (χ1n) is 7.80. The highest BCUT2D eigenvalue weighted by atomic mass is 16.5. The van der Waals surface area contributed by atoms with Crippen molar-refractivity contribution in [3.63, 3.8) is 0 Å². The maximum atomic E-state index is 12.7. The Hall–Kier alpha value is -3.21. The van der Waals surface area contributed by atoms with Crippen LogP contribution in [0.1, 0.15) is 43.6 Å². The highest BCUT2D eigenvalue weighted by Crippen LogP contribution is 2.31. The van der Waals surface area contributed by atoms with Crippen molar-refractivity contribution in [1.82, 2.24) is 0 Å². The molecule has 2 amide bonds. The van der Waals surface area contributed by atoms with Gasteiger partial charge in [0.2, 0.25) is 0 Å². The molecule has 2 aromatic rings. The van der Waals surface area contributed by atoms with E-state index in [9.17, 15) is 14.4 Å². The number of nitrogens with zero attached hydrogens (tertiary/aromatic N) is 1. The number of imide groups is 1. The van der Waals surface area contributed by atoms with Crippen LogP contribution < -0.4 is 4.90 Å². The average Bonchev–Trinajstić information content (AvgIpc) is 2.84. The highest BCUT2D eigenvalue weighted by molar-refractivity contribution is 6.34. The van der Waals surface area contributed by atoms with Crippen LogP contribution in [0.5, 0.6) is 0 Å². The maximum absolute atomic E-state index is 12.7. The smallest absolute Gasteiger partial charge is 0.338 e. The molecule has 0 bridgehead atoms. The van der Waals surface area contributed by atoms with E-state index in [4.69, 9.17) is 4.74 Å². The molecule has 0 unspecified atom stereocenters. The molecular weight excluding hydrogens is 318 g/mol. The number of hydrogen-bond acceptors (Lipinski definition) is 4. The lowest BCUT2D eigenvalue weighted by Crippen LogP contribution is -2.29. The predicted molar refractivity (Wildman–Crippen MR) is 93.9 cm³/mol. The molecule has 0 aromatic heterocycles.